The van der Waals surface area contributed by atoms with Crippen molar-refractivity contribution in [3.8, 4) is 0 Å². The Morgan fingerprint density at radius 1 is 1.27 bits per heavy atom. The Bertz CT molecular complexity index is 1220. The van der Waals surface area contributed by atoms with Crippen LogP contribution in [0.4, 0.5) is 22.0 Å². The Labute approximate surface area is 211 Å². The maximum absolute atomic E-state index is 14.6. The molecule has 0 bridgehead atoms. The number of amidine groups is 1. The van der Waals surface area contributed by atoms with Gasteiger partial charge in [-0.3, -0.25) is 14.6 Å². The average Bonchev–Trinajstić information content (AvgIpc) is 3.23. The van der Waals surface area contributed by atoms with E-state index in [0.717, 1.165) is 17.2 Å². The highest BCUT2D eigenvalue weighted by molar-refractivity contribution is 6.22. The van der Waals surface area contributed by atoms with Crippen molar-refractivity contribution in [3.05, 3.63) is 70.2 Å². The maximum Gasteiger partial charge on any atom is 0.419 e. The van der Waals surface area contributed by atoms with Gasteiger partial charge >= 0.3 is 6.18 Å². The van der Waals surface area contributed by atoms with Gasteiger partial charge in [-0.15, -0.1) is 0 Å². The van der Waals surface area contributed by atoms with Gasteiger partial charge in [0.05, 0.1) is 23.2 Å². The Balaban J connectivity index is 1.56. The molecule has 198 valence electrons. The van der Waals surface area contributed by atoms with Crippen molar-refractivity contribution in [2.75, 3.05) is 13.2 Å². The number of rotatable bonds is 6. The number of amides is 2. The number of benzene rings is 1. The highest BCUT2D eigenvalue weighted by Crippen LogP contribution is 2.35. The minimum Gasteiger partial charge on any atom is -0.351 e. The summed E-state index contributed by atoms with van der Waals surface area (Å²) in [7, 11) is 0. The summed E-state index contributed by atoms with van der Waals surface area (Å²) in [5.41, 5.74) is 0.289. The Hall–Kier alpha value is -3.50. The fourth-order valence-electron chi connectivity index (χ4n) is 4.75. The van der Waals surface area contributed by atoms with Crippen LogP contribution >= 0.6 is 0 Å². The molecule has 2 heterocycles. The molecule has 1 aromatic carbocycles. The lowest BCUT2D eigenvalue weighted by Gasteiger charge is -2.28. The van der Waals surface area contributed by atoms with Gasteiger partial charge in [-0.05, 0) is 56.4 Å². The third kappa shape index (κ3) is 5.75. The molecule has 3 atom stereocenters. The summed E-state index contributed by atoms with van der Waals surface area (Å²) in [5, 5.41) is 5.25. The zero-order chi connectivity index (χ0) is 26.9. The van der Waals surface area contributed by atoms with E-state index in [2.05, 4.69) is 15.6 Å². The molecule has 2 N–H and O–H groups in total. The Morgan fingerprint density at radius 2 is 2.03 bits per heavy atom. The molecular formula is C26H27F5N4O2. The van der Waals surface area contributed by atoms with Gasteiger partial charge in [0.1, 0.15) is 11.7 Å². The third-order valence-electron chi connectivity index (χ3n) is 6.57. The van der Waals surface area contributed by atoms with E-state index >= 15 is 0 Å². The minimum absolute atomic E-state index is 0.0826. The minimum atomic E-state index is -4.86. The molecule has 4 rings (SSSR count). The van der Waals surface area contributed by atoms with E-state index in [-0.39, 0.29) is 23.2 Å². The van der Waals surface area contributed by atoms with Gasteiger partial charge in [0.25, 0.3) is 11.8 Å². The van der Waals surface area contributed by atoms with Crippen molar-refractivity contribution < 1.29 is 31.5 Å². The monoisotopic (exact) mass is 522 g/mol. The SMILES string of the molecule is C[C@@H]1CN2C=C(C3=CCC(NC(=O)CF)CC3)C=C(C(=O)N[C@H](C)c3cccc(C(F)(F)F)c3F)C2=N1. The van der Waals surface area contributed by atoms with Gasteiger partial charge in [0.15, 0.2) is 6.67 Å². The normalized spacial score (nSPS) is 22.3. The van der Waals surface area contributed by atoms with Crippen molar-refractivity contribution in [1.29, 1.82) is 0 Å². The number of fused-ring (bicyclic) bond motifs is 1. The molecule has 2 aliphatic heterocycles. The van der Waals surface area contributed by atoms with E-state index in [1.165, 1.54) is 13.0 Å². The molecule has 2 amide bonds. The number of halogens is 5. The van der Waals surface area contributed by atoms with Crippen molar-refractivity contribution in [2.45, 2.75) is 57.4 Å². The first-order valence-corrected chi connectivity index (χ1v) is 12.0. The highest BCUT2D eigenvalue weighted by atomic mass is 19.4. The smallest absolute Gasteiger partial charge is 0.351 e. The Morgan fingerprint density at radius 3 is 2.68 bits per heavy atom. The highest BCUT2D eigenvalue weighted by Gasteiger charge is 2.36. The summed E-state index contributed by atoms with van der Waals surface area (Å²) in [5.74, 6) is -2.22. The van der Waals surface area contributed by atoms with Crippen LogP contribution in [0, 0.1) is 5.82 Å². The number of alkyl halides is 4. The van der Waals surface area contributed by atoms with Crippen LogP contribution in [0.3, 0.4) is 0 Å². The first kappa shape index (κ1) is 26.6. The lowest BCUT2D eigenvalue weighted by atomic mass is 9.88. The van der Waals surface area contributed by atoms with Crippen LogP contribution in [0.25, 0.3) is 0 Å². The van der Waals surface area contributed by atoms with Gasteiger partial charge < -0.3 is 15.5 Å². The van der Waals surface area contributed by atoms with E-state index in [4.69, 9.17) is 0 Å². The van der Waals surface area contributed by atoms with E-state index in [0.29, 0.717) is 37.7 Å². The van der Waals surface area contributed by atoms with E-state index < -0.39 is 42.1 Å². The first-order valence-electron chi connectivity index (χ1n) is 12.0. The summed E-state index contributed by atoms with van der Waals surface area (Å²) in [6, 6.07) is 1.69. The summed E-state index contributed by atoms with van der Waals surface area (Å²) < 4.78 is 66.6. The molecule has 1 unspecified atom stereocenters. The largest absolute Gasteiger partial charge is 0.419 e. The van der Waals surface area contributed by atoms with Crippen LogP contribution < -0.4 is 10.6 Å². The molecule has 1 aromatic rings. The van der Waals surface area contributed by atoms with E-state index in [9.17, 15) is 31.5 Å². The van der Waals surface area contributed by atoms with Gasteiger partial charge in [0.2, 0.25) is 0 Å². The summed E-state index contributed by atoms with van der Waals surface area (Å²) in [6.07, 6.45) is 2.35. The second-order valence-electron chi connectivity index (χ2n) is 9.40. The molecule has 0 radical (unpaired) electrons. The quantitative estimate of drug-likeness (QED) is 0.540. The molecule has 0 aromatic heterocycles. The number of carbonyl (C=O) groups excluding carboxylic acids is 2. The van der Waals surface area contributed by atoms with Crippen LogP contribution in [-0.4, -0.2) is 47.9 Å². The van der Waals surface area contributed by atoms with Gasteiger partial charge in [0, 0.05) is 24.4 Å². The van der Waals surface area contributed by atoms with E-state index in [1.807, 2.05) is 24.1 Å². The summed E-state index contributed by atoms with van der Waals surface area (Å²) in [4.78, 5) is 31.0. The van der Waals surface area contributed by atoms with Crippen molar-refractivity contribution in [1.82, 2.24) is 15.5 Å². The molecule has 0 saturated heterocycles. The summed E-state index contributed by atoms with van der Waals surface area (Å²) in [6.45, 7) is 2.79. The number of hydrogen-bond donors (Lipinski definition) is 2. The first-order chi connectivity index (χ1) is 17.5. The van der Waals surface area contributed by atoms with Gasteiger partial charge in [-0.1, -0.05) is 18.2 Å². The fraction of sp³-hybridized carbons (Fsp3) is 0.423. The molecule has 0 fully saturated rings. The average molecular weight is 523 g/mol. The van der Waals surface area contributed by atoms with Crippen molar-refractivity contribution >= 4 is 17.6 Å². The Kier molecular flexibility index (Phi) is 7.52. The van der Waals surface area contributed by atoms with Crippen LogP contribution in [-0.2, 0) is 15.8 Å². The molecule has 11 heteroatoms. The number of nitrogens with zero attached hydrogens (tertiary/aromatic N) is 2. The van der Waals surface area contributed by atoms with Crippen LogP contribution in [0.2, 0.25) is 0 Å². The zero-order valence-electron chi connectivity index (χ0n) is 20.3. The predicted octanol–water partition coefficient (Wildman–Crippen LogP) is 4.51. The zero-order valence-corrected chi connectivity index (χ0v) is 20.3. The van der Waals surface area contributed by atoms with Gasteiger partial charge in [-0.25, -0.2) is 8.78 Å². The van der Waals surface area contributed by atoms with Crippen LogP contribution in [0.1, 0.15) is 50.3 Å². The standard InChI is InChI=1S/C26H27F5N4O2/c1-14-12-35-13-17(16-6-8-18(9-7-16)34-22(36)11-27)10-20(24(35)32-14)25(37)33-15(2)19-4-3-5-21(23(19)28)26(29,30)31/h3-6,10,13-15,18H,7-9,11-12H2,1-2H3,(H,33,37)(H,34,36)/t14-,15-,18?/m1/s1. The maximum atomic E-state index is 14.6. The molecular weight excluding hydrogens is 495 g/mol. The number of aliphatic imine (C=N–C) groups is 1. The number of carbonyl (C=O) groups is 2. The number of allylic oxidation sites excluding steroid dienone is 3. The second kappa shape index (κ2) is 10.5. The lowest BCUT2D eigenvalue weighted by Crippen LogP contribution is -2.38. The third-order valence-corrected chi connectivity index (χ3v) is 6.57. The van der Waals surface area contributed by atoms with Crippen molar-refractivity contribution in [3.63, 3.8) is 0 Å². The van der Waals surface area contributed by atoms with Crippen molar-refractivity contribution in [2.24, 2.45) is 4.99 Å². The number of nitrogens with one attached hydrogen (secondary N) is 2. The number of hydrogen-bond acceptors (Lipinski definition) is 4. The second-order valence-corrected chi connectivity index (χ2v) is 9.40. The molecule has 0 spiro atoms. The topological polar surface area (TPSA) is 73.8 Å². The molecule has 1 aliphatic carbocycles. The molecule has 37 heavy (non-hydrogen) atoms. The summed E-state index contributed by atoms with van der Waals surface area (Å²) >= 11 is 0. The van der Waals surface area contributed by atoms with Crippen LogP contribution in [0.5, 0.6) is 0 Å². The van der Waals surface area contributed by atoms with Crippen LogP contribution in [0.15, 0.2) is 58.3 Å². The fourth-order valence-corrected chi connectivity index (χ4v) is 4.75. The van der Waals surface area contributed by atoms with Gasteiger partial charge in [-0.2, -0.15) is 13.2 Å². The molecule has 6 nitrogen and oxygen atoms in total. The van der Waals surface area contributed by atoms with E-state index in [1.54, 1.807) is 6.08 Å². The molecule has 3 aliphatic rings. The lowest BCUT2D eigenvalue weighted by molar-refractivity contribution is -0.140. The predicted molar refractivity (Wildman–Crippen MR) is 128 cm³/mol. The molecule has 0 saturated carbocycles.